The zero-order valence-corrected chi connectivity index (χ0v) is 19.2. The molecular weight excluding hydrogens is 384 g/mol. The number of hydrogen-bond donors (Lipinski definition) is 0. The summed E-state index contributed by atoms with van der Waals surface area (Å²) in [5, 5.41) is 0. The van der Waals surface area contributed by atoms with Crippen molar-refractivity contribution in [3.05, 3.63) is 162 Å². The van der Waals surface area contributed by atoms with E-state index in [1.807, 2.05) is 19.9 Å². The topological polar surface area (TPSA) is 0 Å². The van der Waals surface area contributed by atoms with Crippen LogP contribution in [0.1, 0.15) is 41.7 Å². The molecule has 0 bridgehead atoms. The molecule has 0 N–H and O–H groups in total. The molecule has 0 saturated heterocycles. The smallest absolute Gasteiger partial charge is 0.0491 e. The lowest BCUT2D eigenvalue weighted by Gasteiger charge is -2.36. The Kier molecular flexibility index (Phi) is 8.00. The van der Waals surface area contributed by atoms with Crippen LogP contribution in [-0.4, -0.2) is 0 Å². The molecule has 0 aliphatic rings. The van der Waals surface area contributed by atoms with Crippen LogP contribution in [0.2, 0.25) is 0 Å². The molecule has 0 fully saturated rings. The molecule has 0 saturated carbocycles. The minimum atomic E-state index is -0.251. The highest BCUT2D eigenvalue weighted by atomic mass is 14.4. The predicted molar refractivity (Wildman–Crippen MR) is 140 cm³/mol. The van der Waals surface area contributed by atoms with E-state index in [4.69, 9.17) is 0 Å². The number of rotatable bonds is 6. The third-order valence-corrected chi connectivity index (χ3v) is 5.48. The van der Waals surface area contributed by atoms with Crippen molar-refractivity contribution in [1.82, 2.24) is 0 Å². The lowest BCUT2D eigenvalue weighted by molar-refractivity contribution is 0.613. The Balaban J connectivity index is 0.000000668. The summed E-state index contributed by atoms with van der Waals surface area (Å²) in [5.74, 6) is 0. The van der Waals surface area contributed by atoms with Crippen molar-refractivity contribution >= 4 is 6.08 Å². The van der Waals surface area contributed by atoms with Crippen LogP contribution in [-0.2, 0) is 11.8 Å². The Labute approximate surface area is 193 Å². The summed E-state index contributed by atoms with van der Waals surface area (Å²) < 4.78 is 0. The summed E-state index contributed by atoms with van der Waals surface area (Å²) in [7, 11) is 0. The van der Waals surface area contributed by atoms with Crippen LogP contribution in [0, 0.1) is 0 Å². The van der Waals surface area contributed by atoms with Crippen molar-refractivity contribution in [2.75, 3.05) is 0 Å². The zero-order chi connectivity index (χ0) is 22.8. The second kappa shape index (κ2) is 11.1. The van der Waals surface area contributed by atoms with Crippen molar-refractivity contribution < 1.29 is 0 Å². The number of allylic oxidation sites excluding steroid dienone is 1. The third-order valence-electron chi connectivity index (χ3n) is 5.48. The fraction of sp³-hybridized carbons (Fsp3) is 0.125. The van der Waals surface area contributed by atoms with E-state index in [9.17, 15) is 0 Å². The second-order valence-corrected chi connectivity index (χ2v) is 8.33. The molecule has 0 aromatic heterocycles. The molecule has 0 amide bonds. The quantitative estimate of drug-likeness (QED) is 0.218. The molecule has 160 valence electrons. The van der Waals surface area contributed by atoms with E-state index in [1.165, 1.54) is 27.8 Å². The van der Waals surface area contributed by atoms with Crippen LogP contribution < -0.4 is 0 Å². The van der Waals surface area contributed by atoms with Gasteiger partial charge in [0.05, 0.1) is 0 Å². The van der Waals surface area contributed by atoms with Crippen LogP contribution in [0.3, 0.4) is 0 Å². The molecule has 0 aliphatic carbocycles. The van der Waals surface area contributed by atoms with Crippen LogP contribution >= 0.6 is 0 Å². The molecule has 4 aromatic rings. The first-order valence-corrected chi connectivity index (χ1v) is 11.1. The SMILES string of the molecule is C=C(C)C.C=Cc1ccc(CC(c2ccccc2)(c2ccccc2)c2ccccc2)cc1. The standard InChI is InChI=1S/C28H24.C4H8/c1-2-23-18-20-24(21-19-23)22-28(25-12-6-3-7-13-25,26-14-8-4-9-15-26)27-16-10-5-11-17-27;1-4(2)3/h2-21H,1,22H2;1H2,2-3H3. The minimum absolute atomic E-state index is 0.251. The van der Waals surface area contributed by atoms with E-state index in [0.717, 1.165) is 12.0 Å². The molecule has 0 unspecified atom stereocenters. The zero-order valence-electron chi connectivity index (χ0n) is 19.2. The highest BCUT2D eigenvalue weighted by Gasteiger charge is 2.36. The third kappa shape index (κ3) is 5.53. The van der Waals surface area contributed by atoms with E-state index < -0.39 is 0 Å². The Morgan fingerprint density at radius 1 is 0.625 bits per heavy atom. The molecule has 32 heavy (non-hydrogen) atoms. The van der Waals surface area contributed by atoms with E-state index in [2.05, 4.69) is 128 Å². The van der Waals surface area contributed by atoms with Crippen molar-refractivity contribution in [3.63, 3.8) is 0 Å². The van der Waals surface area contributed by atoms with E-state index in [1.54, 1.807) is 0 Å². The van der Waals surface area contributed by atoms with Gasteiger partial charge in [-0.25, -0.2) is 0 Å². The Bertz CT molecular complexity index is 1000. The van der Waals surface area contributed by atoms with Gasteiger partial charge in [0.15, 0.2) is 0 Å². The summed E-state index contributed by atoms with van der Waals surface area (Å²) in [6, 6.07) is 41.3. The van der Waals surface area contributed by atoms with Gasteiger partial charge in [-0.2, -0.15) is 0 Å². The molecule has 0 aliphatic heterocycles. The maximum Gasteiger partial charge on any atom is 0.0491 e. The minimum Gasteiger partial charge on any atom is -0.100 e. The van der Waals surface area contributed by atoms with Crippen LogP contribution in [0.4, 0.5) is 0 Å². The van der Waals surface area contributed by atoms with Gasteiger partial charge < -0.3 is 0 Å². The first-order valence-electron chi connectivity index (χ1n) is 11.1. The molecule has 0 nitrogen and oxygen atoms in total. The lowest BCUT2D eigenvalue weighted by atomic mass is 9.66. The first kappa shape index (κ1) is 23.0. The molecule has 0 heterocycles. The summed E-state index contributed by atoms with van der Waals surface area (Å²) >= 11 is 0. The van der Waals surface area contributed by atoms with Gasteiger partial charge in [-0.1, -0.05) is 133 Å². The van der Waals surface area contributed by atoms with Gasteiger partial charge >= 0.3 is 0 Å². The maximum atomic E-state index is 3.88. The van der Waals surface area contributed by atoms with Gasteiger partial charge in [0.1, 0.15) is 0 Å². The van der Waals surface area contributed by atoms with Crippen molar-refractivity contribution in [1.29, 1.82) is 0 Å². The van der Waals surface area contributed by atoms with Crippen LogP contribution in [0.15, 0.2) is 134 Å². The van der Waals surface area contributed by atoms with Gasteiger partial charge in [0, 0.05) is 5.41 Å². The highest BCUT2D eigenvalue weighted by Crippen LogP contribution is 2.42. The van der Waals surface area contributed by atoms with Crippen molar-refractivity contribution in [3.8, 4) is 0 Å². The Morgan fingerprint density at radius 3 is 1.28 bits per heavy atom. The van der Waals surface area contributed by atoms with Crippen molar-refractivity contribution in [2.24, 2.45) is 0 Å². The van der Waals surface area contributed by atoms with Gasteiger partial charge in [0.25, 0.3) is 0 Å². The molecule has 4 rings (SSSR count). The van der Waals surface area contributed by atoms with E-state index in [-0.39, 0.29) is 5.41 Å². The van der Waals surface area contributed by atoms with Crippen LogP contribution in [0.5, 0.6) is 0 Å². The molecular formula is C32H32. The maximum absolute atomic E-state index is 3.88. The molecule has 0 atom stereocenters. The van der Waals surface area contributed by atoms with Crippen molar-refractivity contribution in [2.45, 2.75) is 25.7 Å². The summed E-state index contributed by atoms with van der Waals surface area (Å²) in [4.78, 5) is 0. The molecule has 0 radical (unpaired) electrons. The fourth-order valence-corrected chi connectivity index (χ4v) is 4.05. The molecule has 0 heteroatoms. The molecule has 4 aromatic carbocycles. The molecule has 0 spiro atoms. The average molecular weight is 417 g/mol. The monoisotopic (exact) mass is 416 g/mol. The van der Waals surface area contributed by atoms with Gasteiger partial charge in [-0.3, -0.25) is 0 Å². The van der Waals surface area contributed by atoms with Crippen LogP contribution in [0.25, 0.3) is 6.08 Å². The number of benzene rings is 4. The van der Waals surface area contributed by atoms with E-state index >= 15 is 0 Å². The normalized spacial score (nSPS) is 10.6. The predicted octanol–water partition coefficient (Wildman–Crippen LogP) is 8.49. The summed E-state index contributed by atoms with van der Waals surface area (Å²) in [6.45, 7) is 11.4. The highest BCUT2D eigenvalue weighted by molar-refractivity contribution is 5.53. The van der Waals surface area contributed by atoms with Gasteiger partial charge in [0.2, 0.25) is 0 Å². The second-order valence-electron chi connectivity index (χ2n) is 8.33. The first-order chi connectivity index (χ1) is 15.6. The Hall–Kier alpha value is -3.64. The average Bonchev–Trinajstić information content (AvgIpc) is 2.84. The Morgan fingerprint density at radius 2 is 0.969 bits per heavy atom. The van der Waals surface area contributed by atoms with Gasteiger partial charge in [-0.15, -0.1) is 6.58 Å². The lowest BCUT2D eigenvalue weighted by Crippen LogP contribution is -2.32. The van der Waals surface area contributed by atoms with E-state index in [0.29, 0.717) is 0 Å². The number of hydrogen-bond acceptors (Lipinski definition) is 0. The fourth-order valence-electron chi connectivity index (χ4n) is 4.05. The summed E-state index contributed by atoms with van der Waals surface area (Å²) in [6.07, 6.45) is 2.78. The largest absolute Gasteiger partial charge is 0.100 e. The van der Waals surface area contributed by atoms with Gasteiger partial charge in [-0.05, 0) is 48.1 Å². The summed E-state index contributed by atoms with van der Waals surface area (Å²) in [5.41, 5.74) is 7.29.